The molecule has 0 aliphatic rings. The maximum atomic E-state index is 5.41. The molecule has 3 heteroatoms. The Bertz CT molecular complexity index is 343. The molecule has 1 aromatic carbocycles. The van der Waals surface area contributed by atoms with Gasteiger partial charge in [-0.3, -0.25) is 0 Å². The van der Waals surface area contributed by atoms with Crippen LogP contribution in [0, 0.1) is 0 Å². The van der Waals surface area contributed by atoms with E-state index in [-0.39, 0.29) is 0 Å². The van der Waals surface area contributed by atoms with Gasteiger partial charge in [-0.2, -0.15) is 0 Å². The van der Waals surface area contributed by atoms with Gasteiger partial charge in [-0.25, -0.2) is 0 Å². The molecule has 0 aromatic heterocycles. The molecule has 0 atom stereocenters. The van der Waals surface area contributed by atoms with Gasteiger partial charge in [-0.05, 0) is 6.08 Å². The summed E-state index contributed by atoms with van der Waals surface area (Å²) in [6, 6.07) is 5.37. The highest BCUT2D eigenvalue weighted by atomic mass is 16.5. The normalized spacial score (nSPS) is 8.93. The van der Waals surface area contributed by atoms with E-state index in [1.165, 1.54) is 0 Å². The van der Waals surface area contributed by atoms with Gasteiger partial charge in [0.05, 0.1) is 14.2 Å². The van der Waals surface area contributed by atoms with Crippen molar-refractivity contribution in [1.29, 1.82) is 0 Å². The van der Waals surface area contributed by atoms with Crippen LogP contribution < -0.4 is 14.2 Å². The lowest BCUT2D eigenvalue weighted by Crippen LogP contribution is -1.95. The molecular formula is C12H14O3. The highest BCUT2D eigenvalue weighted by Gasteiger charge is 2.01. The number of benzene rings is 1. The molecule has 80 valence electrons. The Balaban J connectivity index is 2.81. The maximum absolute atomic E-state index is 5.41. The Morgan fingerprint density at radius 3 is 2.13 bits per heavy atom. The fraction of sp³-hybridized carbons (Fsp3) is 0.250. The van der Waals surface area contributed by atoms with Gasteiger partial charge in [0.15, 0.2) is 0 Å². The molecule has 0 radical (unpaired) electrons. The first-order chi connectivity index (χ1) is 7.30. The Morgan fingerprint density at radius 1 is 1.13 bits per heavy atom. The van der Waals surface area contributed by atoms with Gasteiger partial charge in [-0.1, -0.05) is 6.58 Å². The van der Waals surface area contributed by atoms with Crippen LogP contribution in [-0.2, 0) is 0 Å². The van der Waals surface area contributed by atoms with Crippen molar-refractivity contribution >= 4 is 0 Å². The molecule has 3 nitrogen and oxygen atoms in total. The molecule has 0 aliphatic heterocycles. The van der Waals surface area contributed by atoms with Crippen LogP contribution in [0.4, 0.5) is 0 Å². The Labute approximate surface area is 89.6 Å². The van der Waals surface area contributed by atoms with E-state index in [4.69, 9.17) is 14.2 Å². The van der Waals surface area contributed by atoms with E-state index in [9.17, 15) is 0 Å². The zero-order valence-electron chi connectivity index (χ0n) is 8.95. The molecule has 0 aliphatic carbocycles. The minimum atomic E-state index is 0.430. The summed E-state index contributed by atoms with van der Waals surface area (Å²) in [4.78, 5) is 0. The molecule has 0 bridgehead atoms. The summed E-state index contributed by atoms with van der Waals surface area (Å²) >= 11 is 0. The average molecular weight is 206 g/mol. The van der Waals surface area contributed by atoms with Gasteiger partial charge in [-0.15, -0.1) is 5.73 Å². The van der Waals surface area contributed by atoms with Crippen molar-refractivity contribution in [3.05, 3.63) is 36.6 Å². The highest BCUT2D eigenvalue weighted by Crippen LogP contribution is 2.27. The number of hydrogen-bond acceptors (Lipinski definition) is 3. The topological polar surface area (TPSA) is 27.7 Å². The smallest absolute Gasteiger partial charge is 0.127 e. The molecule has 0 heterocycles. The zero-order valence-corrected chi connectivity index (χ0v) is 8.95. The van der Waals surface area contributed by atoms with Gasteiger partial charge in [0.1, 0.15) is 23.9 Å². The number of hydrogen-bond donors (Lipinski definition) is 0. The molecule has 15 heavy (non-hydrogen) atoms. The quantitative estimate of drug-likeness (QED) is 0.692. The molecule has 0 saturated carbocycles. The SMILES string of the molecule is C=C=CCOc1cc(OC)cc(OC)c1. The molecular weight excluding hydrogens is 192 g/mol. The first-order valence-corrected chi connectivity index (χ1v) is 4.50. The monoisotopic (exact) mass is 206 g/mol. The van der Waals surface area contributed by atoms with Crippen molar-refractivity contribution < 1.29 is 14.2 Å². The van der Waals surface area contributed by atoms with Crippen molar-refractivity contribution in [1.82, 2.24) is 0 Å². The summed E-state index contributed by atoms with van der Waals surface area (Å²) in [5.41, 5.74) is 2.63. The molecule has 1 rings (SSSR count). The molecule has 0 N–H and O–H groups in total. The van der Waals surface area contributed by atoms with Gasteiger partial charge in [0.25, 0.3) is 0 Å². The van der Waals surface area contributed by atoms with E-state index < -0.39 is 0 Å². The van der Waals surface area contributed by atoms with Gasteiger partial charge in [0, 0.05) is 18.2 Å². The van der Waals surface area contributed by atoms with Crippen LogP contribution in [0.2, 0.25) is 0 Å². The summed E-state index contributed by atoms with van der Waals surface area (Å²) < 4.78 is 15.6. The first kappa shape index (κ1) is 11.2. The Kier molecular flexibility index (Phi) is 4.32. The maximum Gasteiger partial charge on any atom is 0.127 e. The zero-order chi connectivity index (χ0) is 11.1. The first-order valence-electron chi connectivity index (χ1n) is 4.50. The summed E-state index contributed by atoms with van der Waals surface area (Å²) in [5.74, 6) is 2.09. The van der Waals surface area contributed by atoms with Crippen molar-refractivity contribution in [2.75, 3.05) is 20.8 Å². The number of ether oxygens (including phenoxy) is 3. The van der Waals surface area contributed by atoms with Crippen LogP contribution in [0.15, 0.2) is 36.6 Å². The van der Waals surface area contributed by atoms with Crippen molar-refractivity contribution in [2.45, 2.75) is 0 Å². The van der Waals surface area contributed by atoms with E-state index in [0.29, 0.717) is 23.9 Å². The van der Waals surface area contributed by atoms with Crippen LogP contribution >= 0.6 is 0 Å². The lowest BCUT2D eigenvalue weighted by atomic mass is 10.3. The van der Waals surface area contributed by atoms with E-state index in [0.717, 1.165) is 0 Å². The van der Waals surface area contributed by atoms with Crippen LogP contribution in [-0.4, -0.2) is 20.8 Å². The fourth-order valence-electron chi connectivity index (χ4n) is 1.06. The Morgan fingerprint density at radius 2 is 1.67 bits per heavy atom. The number of rotatable bonds is 5. The molecule has 1 aromatic rings. The van der Waals surface area contributed by atoms with E-state index in [1.807, 2.05) is 0 Å². The Hall–Kier alpha value is -1.86. The highest BCUT2D eigenvalue weighted by molar-refractivity contribution is 5.42. The van der Waals surface area contributed by atoms with E-state index in [2.05, 4.69) is 12.3 Å². The summed E-state index contributed by atoms with van der Waals surface area (Å²) in [5, 5.41) is 0. The van der Waals surface area contributed by atoms with Crippen LogP contribution in [0.25, 0.3) is 0 Å². The van der Waals surface area contributed by atoms with Gasteiger partial charge >= 0.3 is 0 Å². The molecule has 0 fully saturated rings. The molecule has 0 unspecified atom stereocenters. The second-order valence-electron chi connectivity index (χ2n) is 2.77. The van der Waals surface area contributed by atoms with E-state index in [1.54, 1.807) is 38.5 Å². The minimum Gasteiger partial charge on any atom is -0.496 e. The third-order valence-electron chi connectivity index (χ3n) is 1.80. The third kappa shape index (κ3) is 3.41. The predicted molar refractivity (Wildman–Crippen MR) is 58.8 cm³/mol. The van der Waals surface area contributed by atoms with Crippen molar-refractivity contribution in [3.63, 3.8) is 0 Å². The van der Waals surface area contributed by atoms with Crippen LogP contribution in [0.3, 0.4) is 0 Å². The fourth-order valence-corrected chi connectivity index (χ4v) is 1.06. The van der Waals surface area contributed by atoms with Crippen LogP contribution in [0.1, 0.15) is 0 Å². The van der Waals surface area contributed by atoms with Crippen molar-refractivity contribution in [3.8, 4) is 17.2 Å². The lowest BCUT2D eigenvalue weighted by Gasteiger charge is -2.08. The van der Waals surface area contributed by atoms with Crippen LogP contribution in [0.5, 0.6) is 17.2 Å². The van der Waals surface area contributed by atoms with Gasteiger partial charge in [0.2, 0.25) is 0 Å². The standard InChI is InChI=1S/C12H14O3/c1-4-5-6-15-12-8-10(13-2)7-11(9-12)14-3/h5,7-9H,1,6H2,2-3H3. The molecule has 0 amide bonds. The summed E-state index contributed by atoms with van der Waals surface area (Å²) in [6.07, 6.45) is 1.70. The van der Waals surface area contributed by atoms with E-state index >= 15 is 0 Å². The second-order valence-corrected chi connectivity index (χ2v) is 2.77. The number of methoxy groups -OCH3 is 2. The molecule has 0 spiro atoms. The molecule has 0 saturated heterocycles. The van der Waals surface area contributed by atoms with Crippen molar-refractivity contribution in [2.24, 2.45) is 0 Å². The summed E-state index contributed by atoms with van der Waals surface area (Å²) in [7, 11) is 3.20. The average Bonchev–Trinajstić information content (AvgIpc) is 2.29. The second kappa shape index (κ2) is 5.78. The summed E-state index contributed by atoms with van der Waals surface area (Å²) in [6.45, 7) is 3.88. The minimum absolute atomic E-state index is 0.430. The predicted octanol–water partition coefficient (Wildman–Crippen LogP) is 2.42. The third-order valence-corrected chi connectivity index (χ3v) is 1.80. The lowest BCUT2D eigenvalue weighted by molar-refractivity contribution is 0.348. The van der Waals surface area contributed by atoms with Gasteiger partial charge < -0.3 is 14.2 Å². The largest absolute Gasteiger partial charge is 0.496 e.